The zero-order valence-corrected chi connectivity index (χ0v) is 11.0. The number of hydrogen-bond donors (Lipinski definition) is 1. The lowest BCUT2D eigenvalue weighted by Crippen LogP contribution is -2.32. The Labute approximate surface area is 117 Å². The Kier molecular flexibility index (Phi) is 7.32. The number of carbonyl (C=O) groups is 2. The molecule has 0 saturated heterocycles. The molecule has 0 unspecified atom stereocenters. The van der Waals surface area contributed by atoms with E-state index in [1.165, 1.54) is 6.26 Å². The number of nitrogens with zero attached hydrogens (tertiary/aromatic N) is 1. The zero-order chi connectivity index (χ0) is 16.7. The van der Waals surface area contributed by atoms with Crippen molar-refractivity contribution in [2.24, 2.45) is 4.99 Å². The molecule has 21 heavy (non-hydrogen) atoms. The number of hydrogen-bond acceptors (Lipinski definition) is 5. The Morgan fingerprint density at radius 1 is 1.05 bits per heavy atom. The van der Waals surface area contributed by atoms with E-state index < -0.39 is 42.9 Å². The molecule has 0 aliphatic heterocycles. The van der Waals surface area contributed by atoms with Crippen LogP contribution in [0, 0.1) is 0 Å². The molecule has 122 valence electrons. The third-order valence-electron chi connectivity index (χ3n) is 1.32. The van der Waals surface area contributed by atoms with Gasteiger partial charge in [0.05, 0.1) is 0 Å². The minimum Gasteiger partial charge on any atom is -0.440 e. The number of alkyl carbamates (subject to hydrolysis) is 1. The molecule has 6 nitrogen and oxygen atoms in total. The number of rotatable bonds is 2. The van der Waals surface area contributed by atoms with Gasteiger partial charge in [-0.05, 0) is 6.26 Å². The van der Waals surface area contributed by atoms with Crippen LogP contribution in [-0.4, -0.2) is 49.2 Å². The molecular weight excluding hydrogens is 334 g/mol. The maximum absolute atomic E-state index is 11.7. The Morgan fingerprint density at radius 2 is 1.52 bits per heavy atom. The molecule has 0 saturated carbocycles. The van der Waals surface area contributed by atoms with Gasteiger partial charge in [0, 0.05) is 0 Å². The Balaban J connectivity index is 4.39. The highest BCUT2D eigenvalue weighted by Crippen LogP contribution is 2.15. The molecule has 0 aliphatic carbocycles. The molecule has 0 aromatic rings. The number of amides is 2. The highest BCUT2D eigenvalue weighted by atomic mass is 32.2. The number of ether oxygens (including phenoxy) is 2. The number of halogens is 6. The van der Waals surface area contributed by atoms with Gasteiger partial charge in [-0.1, -0.05) is 11.8 Å². The van der Waals surface area contributed by atoms with Crippen molar-refractivity contribution in [1.29, 1.82) is 0 Å². The fourth-order valence-electron chi connectivity index (χ4n) is 0.654. The van der Waals surface area contributed by atoms with Crippen LogP contribution in [0.5, 0.6) is 0 Å². The normalized spacial score (nSPS) is 12.8. The van der Waals surface area contributed by atoms with Crippen LogP contribution in [0.1, 0.15) is 0 Å². The van der Waals surface area contributed by atoms with Gasteiger partial charge in [0.25, 0.3) is 0 Å². The van der Waals surface area contributed by atoms with Crippen molar-refractivity contribution in [3.05, 3.63) is 0 Å². The lowest BCUT2D eigenvalue weighted by molar-refractivity contribution is -0.160. The fraction of sp³-hybridized carbons (Fsp3) is 0.625. The highest BCUT2D eigenvalue weighted by molar-refractivity contribution is 8.13. The smallest absolute Gasteiger partial charge is 0.436 e. The SMILES string of the molecule is CS/C(=N\C(=O)OCC(F)(F)F)NC(=O)OCC(F)(F)F. The van der Waals surface area contributed by atoms with E-state index >= 15 is 0 Å². The first kappa shape index (κ1) is 19.3. The second-order valence-corrected chi connectivity index (χ2v) is 3.90. The van der Waals surface area contributed by atoms with Gasteiger partial charge in [-0.3, -0.25) is 5.32 Å². The zero-order valence-electron chi connectivity index (χ0n) is 10.2. The maximum atomic E-state index is 11.7. The minimum absolute atomic E-state index is 0.568. The maximum Gasteiger partial charge on any atom is 0.436 e. The molecule has 0 heterocycles. The van der Waals surface area contributed by atoms with Crippen LogP contribution >= 0.6 is 11.8 Å². The number of carbonyl (C=O) groups excluding carboxylic acids is 2. The molecule has 0 aliphatic rings. The third-order valence-corrected chi connectivity index (χ3v) is 1.90. The van der Waals surface area contributed by atoms with Crippen LogP contribution in [0.25, 0.3) is 0 Å². The van der Waals surface area contributed by atoms with E-state index in [1.54, 1.807) is 5.32 Å². The van der Waals surface area contributed by atoms with Crippen LogP contribution in [0.2, 0.25) is 0 Å². The molecule has 0 atom stereocenters. The summed E-state index contributed by atoms with van der Waals surface area (Å²) in [6.07, 6.45) is -11.5. The second kappa shape index (κ2) is 7.95. The summed E-state index contributed by atoms with van der Waals surface area (Å²) >= 11 is 0.568. The average Bonchev–Trinajstić information content (AvgIpc) is 2.31. The predicted octanol–water partition coefficient (Wildman–Crippen LogP) is 2.69. The summed E-state index contributed by atoms with van der Waals surface area (Å²) in [4.78, 5) is 24.7. The van der Waals surface area contributed by atoms with E-state index in [9.17, 15) is 35.9 Å². The van der Waals surface area contributed by atoms with Gasteiger partial charge in [-0.15, -0.1) is 0 Å². The molecule has 0 aromatic carbocycles. The number of nitrogens with one attached hydrogen (secondary N) is 1. The van der Waals surface area contributed by atoms with Crippen molar-refractivity contribution < 1.29 is 45.4 Å². The van der Waals surface area contributed by atoms with Crippen molar-refractivity contribution in [2.45, 2.75) is 12.4 Å². The molecular formula is C8H8F6N2O4S. The topological polar surface area (TPSA) is 77.0 Å². The quantitative estimate of drug-likeness (QED) is 0.474. The summed E-state index contributed by atoms with van der Waals surface area (Å²) < 4.78 is 77.8. The summed E-state index contributed by atoms with van der Waals surface area (Å²) in [7, 11) is 0. The molecule has 1 N–H and O–H groups in total. The van der Waals surface area contributed by atoms with Crippen molar-refractivity contribution in [1.82, 2.24) is 5.32 Å². The molecule has 0 bridgehead atoms. The summed E-state index contributed by atoms with van der Waals surface area (Å²) in [6, 6.07) is 0. The van der Waals surface area contributed by atoms with Crippen molar-refractivity contribution in [3.63, 3.8) is 0 Å². The summed E-state index contributed by atoms with van der Waals surface area (Å²) in [5, 5.41) is 1.05. The monoisotopic (exact) mass is 342 g/mol. The van der Waals surface area contributed by atoms with Gasteiger partial charge in [0.15, 0.2) is 18.4 Å². The fourth-order valence-corrected chi connectivity index (χ4v) is 1.01. The molecule has 13 heteroatoms. The van der Waals surface area contributed by atoms with Gasteiger partial charge in [-0.25, -0.2) is 9.59 Å². The predicted molar refractivity (Wildman–Crippen MR) is 58.9 cm³/mol. The summed E-state index contributed by atoms with van der Waals surface area (Å²) in [5.74, 6) is 0. The second-order valence-electron chi connectivity index (χ2n) is 3.11. The first-order valence-electron chi connectivity index (χ1n) is 4.79. The standard InChI is InChI=1S/C8H8F6N2O4S/c1-21-4(15-5(17)19-2-7(9,10)11)16-6(18)20-3-8(12,13)14/h2-3H2,1H3,(H,15,16,17,18). The Morgan fingerprint density at radius 3 is 1.95 bits per heavy atom. The molecule has 0 fully saturated rings. The molecule has 0 radical (unpaired) electrons. The van der Waals surface area contributed by atoms with E-state index in [0.29, 0.717) is 11.8 Å². The average molecular weight is 342 g/mol. The highest BCUT2D eigenvalue weighted by Gasteiger charge is 2.30. The molecule has 0 spiro atoms. The lowest BCUT2D eigenvalue weighted by Gasteiger charge is -2.09. The van der Waals surface area contributed by atoms with E-state index in [4.69, 9.17) is 0 Å². The first-order chi connectivity index (χ1) is 9.43. The van der Waals surface area contributed by atoms with Crippen LogP contribution in [0.15, 0.2) is 4.99 Å². The van der Waals surface area contributed by atoms with E-state index in [1.807, 2.05) is 0 Å². The van der Waals surface area contributed by atoms with Crippen molar-refractivity contribution in [3.8, 4) is 0 Å². The number of alkyl halides is 6. The number of thioether (sulfide) groups is 1. The van der Waals surface area contributed by atoms with E-state index in [-0.39, 0.29) is 0 Å². The van der Waals surface area contributed by atoms with Gasteiger partial charge >= 0.3 is 24.5 Å². The van der Waals surface area contributed by atoms with Crippen molar-refractivity contribution >= 4 is 29.1 Å². The lowest BCUT2D eigenvalue weighted by atomic mass is 10.7. The van der Waals surface area contributed by atoms with Gasteiger partial charge in [0.1, 0.15) is 0 Å². The van der Waals surface area contributed by atoms with Crippen LogP contribution in [0.3, 0.4) is 0 Å². The number of amidine groups is 1. The van der Waals surface area contributed by atoms with E-state index in [0.717, 1.165) is 0 Å². The van der Waals surface area contributed by atoms with Crippen LogP contribution in [0.4, 0.5) is 35.9 Å². The summed E-state index contributed by atoms with van der Waals surface area (Å²) in [5.41, 5.74) is 0. The Hall–Kier alpha value is -1.66. The molecule has 0 aromatic heterocycles. The Bertz CT molecular complexity index is 409. The van der Waals surface area contributed by atoms with Crippen molar-refractivity contribution in [2.75, 3.05) is 19.5 Å². The number of aliphatic imine (C=N–C) groups is 1. The minimum atomic E-state index is -4.76. The molecule has 2 amide bonds. The van der Waals surface area contributed by atoms with E-state index in [2.05, 4.69) is 14.5 Å². The van der Waals surface area contributed by atoms with Gasteiger partial charge < -0.3 is 9.47 Å². The first-order valence-corrected chi connectivity index (χ1v) is 6.02. The summed E-state index contributed by atoms with van der Waals surface area (Å²) in [6.45, 7) is -3.77. The van der Waals surface area contributed by atoms with Crippen LogP contribution in [-0.2, 0) is 9.47 Å². The molecule has 0 rings (SSSR count). The van der Waals surface area contributed by atoms with Gasteiger partial charge in [0.2, 0.25) is 0 Å². The third kappa shape index (κ3) is 11.8. The van der Waals surface area contributed by atoms with Crippen LogP contribution < -0.4 is 5.32 Å². The van der Waals surface area contributed by atoms with Gasteiger partial charge in [-0.2, -0.15) is 31.3 Å². The largest absolute Gasteiger partial charge is 0.440 e.